The average Bonchev–Trinajstić information content (AvgIpc) is 3.64. The summed E-state index contributed by atoms with van der Waals surface area (Å²) in [6.07, 6.45) is 18.5. The van der Waals surface area contributed by atoms with Crippen molar-refractivity contribution in [3.05, 3.63) is 23.3 Å². The van der Waals surface area contributed by atoms with Crippen molar-refractivity contribution in [2.45, 2.75) is 141 Å². The van der Waals surface area contributed by atoms with Crippen LogP contribution in [-0.4, -0.2) is 24.9 Å². The summed E-state index contributed by atoms with van der Waals surface area (Å²) >= 11 is 0. The van der Waals surface area contributed by atoms with Gasteiger partial charge in [-0.3, -0.25) is 0 Å². The fourth-order valence-electron chi connectivity index (χ4n) is 12.6. The molecule has 0 spiro atoms. The molecule has 3 heteroatoms. The number of ether oxygens (including phenoxy) is 3. The van der Waals surface area contributed by atoms with E-state index in [0.717, 1.165) is 48.5 Å². The molecule has 10 rings (SSSR count). The molecule has 1 unspecified atom stereocenters. The van der Waals surface area contributed by atoms with Crippen LogP contribution in [0, 0.1) is 40.9 Å². The first-order chi connectivity index (χ1) is 19.0. The summed E-state index contributed by atoms with van der Waals surface area (Å²) in [5.41, 5.74) is 3.85. The molecule has 1 atom stereocenters. The number of epoxide rings is 1. The molecule has 8 aliphatic carbocycles. The Morgan fingerprint density at radius 1 is 0.675 bits per heavy atom. The Morgan fingerprint density at radius 3 is 1.48 bits per heavy atom. The minimum Gasteiger partial charge on any atom is -0.490 e. The zero-order chi connectivity index (χ0) is 27.5. The van der Waals surface area contributed by atoms with Crippen LogP contribution in [0.3, 0.4) is 0 Å². The lowest BCUT2D eigenvalue weighted by Gasteiger charge is -2.61. The molecule has 9 fully saturated rings. The van der Waals surface area contributed by atoms with Gasteiger partial charge >= 0.3 is 0 Å². The Bertz CT molecular complexity index is 1080. The molecule has 1 saturated heterocycles. The Hall–Kier alpha value is -1.22. The highest BCUT2D eigenvalue weighted by Gasteiger charge is 2.58. The van der Waals surface area contributed by atoms with Crippen LogP contribution < -0.4 is 9.47 Å². The van der Waals surface area contributed by atoms with Gasteiger partial charge in [0.1, 0.15) is 29.8 Å². The van der Waals surface area contributed by atoms with Crippen molar-refractivity contribution in [1.82, 2.24) is 0 Å². The molecule has 9 aliphatic rings. The number of hydrogen-bond donors (Lipinski definition) is 0. The first-order valence-corrected chi connectivity index (χ1v) is 17.1. The second-order valence-electron chi connectivity index (χ2n) is 18.1. The summed E-state index contributed by atoms with van der Waals surface area (Å²) in [6.45, 7) is 13.3. The first-order valence-electron chi connectivity index (χ1n) is 17.1. The molecule has 0 N–H and O–H groups in total. The van der Waals surface area contributed by atoms with Gasteiger partial charge in [0.2, 0.25) is 0 Å². The van der Waals surface area contributed by atoms with E-state index in [0.29, 0.717) is 6.61 Å². The van der Waals surface area contributed by atoms with Crippen molar-refractivity contribution >= 4 is 0 Å². The minimum absolute atomic E-state index is 0.210. The Kier molecular flexibility index (Phi) is 5.88. The van der Waals surface area contributed by atoms with Gasteiger partial charge in [0.15, 0.2) is 0 Å². The van der Waals surface area contributed by atoms with E-state index in [1.54, 1.807) is 11.1 Å². The van der Waals surface area contributed by atoms with E-state index in [1.165, 1.54) is 88.5 Å². The van der Waals surface area contributed by atoms with Crippen LogP contribution in [0.2, 0.25) is 0 Å². The first kappa shape index (κ1) is 26.4. The third kappa shape index (κ3) is 4.64. The van der Waals surface area contributed by atoms with Crippen LogP contribution in [0.25, 0.3) is 0 Å². The Labute approximate surface area is 243 Å². The van der Waals surface area contributed by atoms with E-state index in [1.807, 2.05) is 0 Å². The van der Waals surface area contributed by atoms with Crippen LogP contribution in [0.5, 0.6) is 11.5 Å². The lowest BCUT2D eigenvalue weighted by Crippen LogP contribution is -2.53. The topological polar surface area (TPSA) is 31.0 Å². The normalized spacial score (nSPS) is 42.9. The predicted molar refractivity (Wildman–Crippen MR) is 160 cm³/mol. The summed E-state index contributed by atoms with van der Waals surface area (Å²) in [5, 5.41) is 0. The lowest BCUT2D eigenvalue weighted by molar-refractivity contribution is -0.0215. The standard InChI is InChI=1S/C37H54O3/c1-34(2,3)22-35(4,5)40-31-7-6-30(39-21-29-20-38-29)32(36-14-23-8-24(15-36)10-25(9-23)16-36)33(31)37-17-26-11-27(18-37)13-28(12-26)19-37/h6-7,23-29H,8-22H2,1-5H3. The molecule has 1 heterocycles. The van der Waals surface area contributed by atoms with E-state index in [9.17, 15) is 0 Å². The van der Waals surface area contributed by atoms with Gasteiger partial charge in [-0.25, -0.2) is 0 Å². The van der Waals surface area contributed by atoms with Crippen molar-refractivity contribution < 1.29 is 14.2 Å². The zero-order valence-electron chi connectivity index (χ0n) is 26.0. The maximum absolute atomic E-state index is 7.32. The van der Waals surface area contributed by atoms with Gasteiger partial charge < -0.3 is 14.2 Å². The zero-order valence-corrected chi connectivity index (χ0v) is 26.0. The molecule has 1 aromatic rings. The second-order valence-corrected chi connectivity index (χ2v) is 18.1. The molecule has 40 heavy (non-hydrogen) atoms. The van der Waals surface area contributed by atoms with E-state index in [2.05, 4.69) is 46.8 Å². The van der Waals surface area contributed by atoms with Crippen LogP contribution in [0.1, 0.15) is 129 Å². The third-order valence-electron chi connectivity index (χ3n) is 12.4. The van der Waals surface area contributed by atoms with Gasteiger partial charge in [-0.05, 0) is 150 Å². The summed E-state index contributed by atoms with van der Waals surface area (Å²) < 4.78 is 19.8. The fraction of sp³-hybridized carbons (Fsp3) is 0.838. The van der Waals surface area contributed by atoms with Gasteiger partial charge in [-0.15, -0.1) is 0 Å². The highest BCUT2D eigenvalue weighted by Crippen LogP contribution is 2.68. The van der Waals surface area contributed by atoms with Crippen LogP contribution >= 0.6 is 0 Å². The van der Waals surface area contributed by atoms with Crippen molar-refractivity contribution in [2.75, 3.05) is 13.2 Å². The summed E-state index contributed by atoms with van der Waals surface area (Å²) in [5.74, 6) is 7.90. The number of benzene rings is 1. The summed E-state index contributed by atoms with van der Waals surface area (Å²) in [7, 11) is 0. The van der Waals surface area contributed by atoms with Crippen molar-refractivity contribution in [3.63, 3.8) is 0 Å². The van der Waals surface area contributed by atoms with Crippen LogP contribution in [0.15, 0.2) is 12.1 Å². The lowest BCUT2D eigenvalue weighted by atomic mass is 9.44. The SMILES string of the molecule is CC(C)(C)CC(C)(C)Oc1ccc(OCC2CO2)c(C23CC4CC(CC(C4)C2)C3)c1C12CC3CC(CC(C3)C1)C2. The van der Waals surface area contributed by atoms with E-state index in [-0.39, 0.29) is 27.9 Å². The molecule has 0 amide bonds. The summed E-state index contributed by atoms with van der Waals surface area (Å²) in [6, 6.07) is 4.69. The third-order valence-corrected chi connectivity index (χ3v) is 12.4. The van der Waals surface area contributed by atoms with Crippen molar-refractivity contribution in [3.8, 4) is 11.5 Å². The number of rotatable bonds is 8. The van der Waals surface area contributed by atoms with E-state index >= 15 is 0 Å². The van der Waals surface area contributed by atoms with Gasteiger partial charge in [-0.2, -0.15) is 0 Å². The molecule has 8 saturated carbocycles. The maximum Gasteiger partial charge on any atom is 0.124 e. The Morgan fingerprint density at radius 2 is 1.07 bits per heavy atom. The fourth-order valence-corrected chi connectivity index (χ4v) is 12.6. The molecular formula is C37H54O3. The minimum atomic E-state index is -0.210. The van der Waals surface area contributed by atoms with E-state index < -0.39 is 0 Å². The molecule has 220 valence electrons. The molecule has 3 nitrogen and oxygen atoms in total. The number of hydrogen-bond acceptors (Lipinski definition) is 3. The largest absolute Gasteiger partial charge is 0.490 e. The average molecular weight is 547 g/mol. The van der Waals surface area contributed by atoms with Crippen molar-refractivity contribution in [1.29, 1.82) is 0 Å². The molecular weight excluding hydrogens is 492 g/mol. The Balaban J connectivity index is 1.30. The molecule has 0 aromatic heterocycles. The molecule has 8 bridgehead atoms. The quantitative estimate of drug-likeness (QED) is 0.305. The molecule has 1 aliphatic heterocycles. The second kappa shape index (κ2) is 8.90. The van der Waals surface area contributed by atoms with Gasteiger partial charge in [0.05, 0.1) is 6.61 Å². The van der Waals surface area contributed by atoms with Gasteiger partial charge in [-0.1, -0.05) is 20.8 Å². The van der Waals surface area contributed by atoms with Crippen molar-refractivity contribution in [2.24, 2.45) is 40.9 Å². The monoisotopic (exact) mass is 546 g/mol. The van der Waals surface area contributed by atoms with Crippen LogP contribution in [0.4, 0.5) is 0 Å². The van der Waals surface area contributed by atoms with Crippen LogP contribution in [-0.2, 0) is 15.6 Å². The predicted octanol–water partition coefficient (Wildman–Crippen LogP) is 8.99. The maximum atomic E-state index is 7.32. The highest BCUT2D eigenvalue weighted by molar-refractivity contribution is 5.58. The molecule has 0 radical (unpaired) electrons. The highest BCUT2D eigenvalue weighted by atomic mass is 16.6. The van der Waals surface area contributed by atoms with Gasteiger partial charge in [0.25, 0.3) is 0 Å². The van der Waals surface area contributed by atoms with E-state index in [4.69, 9.17) is 14.2 Å². The molecule has 1 aromatic carbocycles. The van der Waals surface area contributed by atoms with Gasteiger partial charge in [0, 0.05) is 22.0 Å². The smallest absolute Gasteiger partial charge is 0.124 e. The summed E-state index contributed by atoms with van der Waals surface area (Å²) in [4.78, 5) is 0.